The second kappa shape index (κ2) is 11.9. The fourth-order valence-electron chi connectivity index (χ4n) is 3.12. The highest BCUT2D eigenvalue weighted by Crippen LogP contribution is 2.30. The molecule has 5 N–H and O–H groups in total. The van der Waals surface area contributed by atoms with Gasteiger partial charge in [-0.3, -0.25) is 9.79 Å². The lowest BCUT2D eigenvalue weighted by Crippen LogP contribution is -2.30. The number of rotatable bonds is 11. The van der Waals surface area contributed by atoms with Gasteiger partial charge in [0, 0.05) is 5.92 Å². The standard InChI is InChI=1S/C21H30N4O4/c1-2-19(22)24-11-12-28-13-14-29-18-9-7-17(8-10-18)25-20(23)15-3-5-16(6-4-15)21(26)27/h2,7-10,15-16H,1,3-6,11-14H2,(H2,22,24)(H2,23,25)(H,26,27). The van der Waals surface area contributed by atoms with Crippen molar-refractivity contribution in [2.24, 2.45) is 33.3 Å². The van der Waals surface area contributed by atoms with Crippen molar-refractivity contribution in [3.8, 4) is 5.75 Å². The number of aliphatic imine (C=N–C) groups is 2. The van der Waals surface area contributed by atoms with Crippen LogP contribution >= 0.6 is 0 Å². The van der Waals surface area contributed by atoms with E-state index in [4.69, 9.17) is 26.0 Å². The third-order valence-electron chi connectivity index (χ3n) is 4.83. The van der Waals surface area contributed by atoms with E-state index in [1.165, 1.54) is 6.08 Å². The van der Waals surface area contributed by atoms with E-state index in [-0.39, 0.29) is 11.8 Å². The zero-order valence-electron chi connectivity index (χ0n) is 16.6. The minimum absolute atomic E-state index is 0.143. The van der Waals surface area contributed by atoms with Crippen molar-refractivity contribution in [2.75, 3.05) is 26.4 Å². The van der Waals surface area contributed by atoms with Gasteiger partial charge in [0.05, 0.1) is 31.4 Å². The number of aliphatic carboxylic acids is 1. The van der Waals surface area contributed by atoms with Crippen LogP contribution in [-0.4, -0.2) is 49.1 Å². The SMILES string of the molecule is C=CC(N)=NCCOCCOc1ccc(N=C(N)C2CCC(C(=O)O)CC2)cc1. The Hall–Kier alpha value is -2.87. The molecule has 0 spiro atoms. The van der Waals surface area contributed by atoms with E-state index < -0.39 is 5.97 Å². The lowest BCUT2D eigenvalue weighted by atomic mass is 9.81. The number of carbonyl (C=O) groups is 1. The van der Waals surface area contributed by atoms with Crippen LogP contribution in [0.2, 0.25) is 0 Å². The molecule has 0 heterocycles. The third-order valence-corrected chi connectivity index (χ3v) is 4.83. The van der Waals surface area contributed by atoms with Crippen LogP contribution in [0.15, 0.2) is 46.9 Å². The second-order valence-corrected chi connectivity index (χ2v) is 6.89. The van der Waals surface area contributed by atoms with E-state index in [0.717, 1.165) is 24.3 Å². The first kappa shape index (κ1) is 22.4. The number of nitrogens with two attached hydrogens (primary N) is 2. The van der Waals surface area contributed by atoms with Gasteiger partial charge in [0.1, 0.15) is 24.0 Å². The number of carboxylic acids is 1. The molecule has 0 radical (unpaired) electrons. The van der Waals surface area contributed by atoms with E-state index in [1.807, 2.05) is 24.3 Å². The molecule has 0 unspecified atom stereocenters. The van der Waals surface area contributed by atoms with Gasteiger partial charge in [-0.25, -0.2) is 4.99 Å². The predicted molar refractivity (Wildman–Crippen MR) is 114 cm³/mol. The first-order valence-electron chi connectivity index (χ1n) is 9.79. The van der Waals surface area contributed by atoms with Gasteiger partial charge in [0.2, 0.25) is 0 Å². The van der Waals surface area contributed by atoms with Crippen molar-refractivity contribution >= 4 is 23.3 Å². The molecule has 158 valence electrons. The average molecular weight is 402 g/mol. The van der Waals surface area contributed by atoms with Crippen molar-refractivity contribution in [3.63, 3.8) is 0 Å². The summed E-state index contributed by atoms with van der Waals surface area (Å²) in [5, 5.41) is 9.08. The van der Waals surface area contributed by atoms with Gasteiger partial charge in [0.15, 0.2) is 0 Å². The third kappa shape index (κ3) is 7.95. The first-order chi connectivity index (χ1) is 14.0. The number of benzene rings is 1. The summed E-state index contributed by atoms with van der Waals surface area (Å²) in [5.74, 6) is 0.868. The zero-order valence-corrected chi connectivity index (χ0v) is 16.6. The van der Waals surface area contributed by atoms with E-state index in [0.29, 0.717) is 50.9 Å². The van der Waals surface area contributed by atoms with Gasteiger partial charge in [0.25, 0.3) is 0 Å². The maximum atomic E-state index is 11.0. The minimum Gasteiger partial charge on any atom is -0.491 e. The number of amidine groups is 2. The molecule has 8 heteroatoms. The fourth-order valence-corrected chi connectivity index (χ4v) is 3.12. The Kier molecular flexibility index (Phi) is 9.17. The van der Waals surface area contributed by atoms with Gasteiger partial charge >= 0.3 is 5.97 Å². The van der Waals surface area contributed by atoms with E-state index >= 15 is 0 Å². The molecule has 1 saturated carbocycles. The lowest BCUT2D eigenvalue weighted by molar-refractivity contribution is -0.142. The summed E-state index contributed by atoms with van der Waals surface area (Å²) in [6.45, 7) is 5.37. The van der Waals surface area contributed by atoms with E-state index in [2.05, 4.69) is 16.6 Å². The van der Waals surface area contributed by atoms with Gasteiger partial charge in [-0.1, -0.05) is 6.58 Å². The molecule has 2 rings (SSSR count). The van der Waals surface area contributed by atoms with Crippen LogP contribution in [-0.2, 0) is 9.53 Å². The summed E-state index contributed by atoms with van der Waals surface area (Å²) in [6, 6.07) is 7.36. The Morgan fingerprint density at radius 1 is 1.10 bits per heavy atom. The molecule has 8 nitrogen and oxygen atoms in total. The van der Waals surface area contributed by atoms with Crippen LogP contribution in [0.4, 0.5) is 5.69 Å². The second-order valence-electron chi connectivity index (χ2n) is 6.89. The number of ether oxygens (including phenoxy) is 2. The van der Waals surface area contributed by atoms with E-state index in [1.54, 1.807) is 0 Å². The molecule has 1 fully saturated rings. The highest BCUT2D eigenvalue weighted by atomic mass is 16.5. The number of carboxylic acid groups (broad SMARTS) is 1. The highest BCUT2D eigenvalue weighted by Gasteiger charge is 2.27. The van der Waals surface area contributed by atoms with Crippen molar-refractivity contribution in [2.45, 2.75) is 25.7 Å². The molecule has 1 aromatic rings. The van der Waals surface area contributed by atoms with Crippen molar-refractivity contribution in [1.82, 2.24) is 0 Å². The van der Waals surface area contributed by atoms with Crippen LogP contribution in [0.5, 0.6) is 5.75 Å². The Bertz CT molecular complexity index is 723. The fraction of sp³-hybridized carbons (Fsp3) is 0.476. The smallest absolute Gasteiger partial charge is 0.306 e. The lowest BCUT2D eigenvalue weighted by Gasteiger charge is -2.25. The minimum atomic E-state index is -0.717. The predicted octanol–water partition coefficient (Wildman–Crippen LogP) is 2.50. The van der Waals surface area contributed by atoms with Crippen LogP contribution in [0.3, 0.4) is 0 Å². The van der Waals surface area contributed by atoms with E-state index in [9.17, 15) is 4.79 Å². The normalized spacial score (nSPS) is 20.3. The Morgan fingerprint density at radius 3 is 2.38 bits per heavy atom. The molecule has 0 amide bonds. The molecule has 0 aliphatic heterocycles. The summed E-state index contributed by atoms with van der Waals surface area (Å²) in [5.41, 5.74) is 12.4. The van der Waals surface area contributed by atoms with Crippen LogP contribution < -0.4 is 16.2 Å². The maximum absolute atomic E-state index is 11.0. The molecule has 1 aliphatic carbocycles. The first-order valence-corrected chi connectivity index (χ1v) is 9.79. The van der Waals surface area contributed by atoms with Crippen molar-refractivity contribution in [1.29, 1.82) is 0 Å². The van der Waals surface area contributed by atoms with Crippen LogP contribution in [0.25, 0.3) is 0 Å². The van der Waals surface area contributed by atoms with Crippen LogP contribution in [0, 0.1) is 11.8 Å². The molecule has 0 atom stereocenters. The number of hydrogen-bond donors (Lipinski definition) is 3. The summed E-state index contributed by atoms with van der Waals surface area (Å²) in [6.07, 6.45) is 4.32. The zero-order chi connectivity index (χ0) is 21.1. The topological polar surface area (TPSA) is 133 Å². The van der Waals surface area contributed by atoms with Gasteiger partial charge in [-0.15, -0.1) is 0 Å². The largest absolute Gasteiger partial charge is 0.491 e. The molecule has 0 saturated heterocycles. The molecule has 0 aromatic heterocycles. The molecular formula is C21H30N4O4. The van der Waals surface area contributed by atoms with Crippen molar-refractivity contribution in [3.05, 3.63) is 36.9 Å². The summed E-state index contributed by atoms with van der Waals surface area (Å²) in [7, 11) is 0. The number of hydrogen-bond acceptors (Lipinski definition) is 5. The number of nitrogens with zero attached hydrogens (tertiary/aromatic N) is 2. The summed E-state index contributed by atoms with van der Waals surface area (Å²) < 4.78 is 11.0. The van der Waals surface area contributed by atoms with Gasteiger partial charge < -0.3 is 26.0 Å². The van der Waals surface area contributed by atoms with Gasteiger partial charge in [-0.2, -0.15) is 0 Å². The average Bonchev–Trinajstić information content (AvgIpc) is 2.74. The summed E-state index contributed by atoms with van der Waals surface area (Å²) >= 11 is 0. The Balaban J connectivity index is 1.70. The van der Waals surface area contributed by atoms with Gasteiger partial charge in [-0.05, 0) is 56.0 Å². The molecule has 29 heavy (non-hydrogen) atoms. The Morgan fingerprint density at radius 2 is 1.76 bits per heavy atom. The molecule has 0 bridgehead atoms. The molecule has 1 aromatic carbocycles. The monoisotopic (exact) mass is 402 g/mol. The van der Waals surface area contributed by atoms with Crippen LogP contribution in [0.1, 0.15) is 25.7 Å². The summed E-state index contributed by atoms with van der Waals surface area (Å²) in [4.78, 5) is 19.6. The molecule has 1 aliphatic rings. The molecular weight excluding hydrogens is 372 g/mol. The quantitative estimate of drug-likeness (QED) is 0.296. The highest BCUT2D eigenvalue weighted by molar-refractivity contribution is 5.90. The Labute approximate surface area is 171 Å². The maximum Gasteiger partial charge on any atom is 0.306 e. The van der Waals surface area contributed by atoms with Crippen molar-refractivity contribution < 1.29 is 19.4 Å².